The summed E-state index contributed by atoms with van der Waals surface area (Å²) < 4.78 is 0. The molecule has 0 atom stereocenters. The standard InChI is InChI=1S/C14H21NO2S2/c16-8-3-7-15(12-4-1-5-12)14(17)11-18-10-13-6-2-9-19-13/h2,6,9,12,16H,1,3-5,7-8,10-11H2. The third-order valence-corrected chi connectivity index (χ3v) is 5.47. The number of nitrogens with zero attached hydrogens (tertiary/aromatic N) is 1. The number of thioether (sulfide) groups is 1. The first-order chi connectivity index (χ1) is 9.31. The van der Waals surface area contributed by atoms with Crippen LogP contribution in [-0.2, 0) is 10.5 Å². The van der Waals surface area contributed by atoms with Gasteiger partial charge in [-0.15, -0.1) is 23.1 Å². The zero-order chi connectivity index (χ0) is 13.5. The number of aliphatic hydroxyl groups is 1. The Morgan fingerprint density at radius 2 is 2.37 bits per heavy atom. The van der Waals surface area contributed by atoms with Crippen LogP contribution < -0.4 is 0 Å². The molecule has 0 aliphatic heterocycles. The molecule has 0 spiro atoms. The summed E-state index contributed by atoms with van der Waals surface area (Å²) in [5, 5.41) is 11.0. The first-order valence-corrected chi connectivity index (χ1v) is 8.85. The van der Waals surface area contributed by atoms with Gasteiger partial charge in [-0.25, -0.2) is 0 Å². The van der Waals surface area contributed by atoms with Crippen molar-refractivity contribution in [2.45, 2.75) is 37.5 Å². The van der Waals surface area contributed by atoms with Crippen LogP contribution in [0.1, 0.15) is 30.6 Å². The lowest BCUT2D eigenvalue weighted by Crippen LogP contribution is -2.45. The smallest absolute Gasteiger partial charge is 0.232 e. The molecule has 0 saturated heterocycles. The maximum absolute atomic E-state index is 12.2. The molecule has 0 aromatic carbocycles. The number of rotatable bonds is 8. The molecule has 2 rings (SSSR count). The van der Waals surface area contributed by atoms with Crippen LogP contribution in [0.15, 0.2) is 17.5 Å². The first-order valence-electron chi connectivity index (χ1n) is 6.81. The fourth-order valence-electron chi connectivity index (χ4n) is 2.17. The molecule has 3 nitrogen and oxygen atoms in total. The van der Waals surface area contributed by atoms with E-state index in [0.29, 0.717) is 24.8 Å². The van der Waals surface area contributed by atoms with Gasteiger partial charge in [0.2, 0.25) is 5.91 Å². The van der Waals surface area contributed by atoms with Crippen molar-refractivity contribution >= 4 is 29.0 Å². The van der Waals surface area contributed by atoms with Crippen molar-refractivity contribution in [3.8, 4) is 0 Å². The van der Waals surface area contributed by atoms with Crippen LogP contribution in [0.3, 0.4) is 0 Å². The van der Waals surface area contributed by atoms with E-state index < -0.39 is 0 Å². The Bertz CT molecular complexity index is 377. The first kappa shape index (κ1) is 14.9. The Labute approximate surface area is 123 Å². The molecule has 1 N–H and O–H groups in total. The largest absolute Gasteiger partial charge is 0.396 e. The van der Waals surface area contributed by atoms with Gasteiger partial charge in [-0.2, -0.15) is 0 Å². The summed E-state index contributed by atoms with van der Waals surface area (Å²) in [6.45, 7) is 0.873. The van der Waals surface area contributed by atoms with Crippen LogP contribution in [-0.4, -0.2) is 40.9 Å². The Morgan fingerprint density at radius 3 is 2.95 bits per heavy atom. The van der Waals surface area contributed by atoms with Crippen LogP contribution in [0.4, 0.5) is 0 Å². The van der Waals surface area contributed by atoms with E-state index in [0.717, 1.165) is 18.6 Å². The molecule has 5 heteroatoms. The highest BCUT2D eigenvalue weighted by Crippen LogP contribution is 2.26. The van der Waals surface area contributed by atoms with Crippen molar-refractivity contribution in [3.05, 3.63) is 22.4 Å². The van der Waals surface area contributed by atoms with Crippen LogP contribution in [0.5, 0.6) is 0 Å². The van der Waals surface area contributed by atoms with E-state index >= 15 is 0 Å². The maximum atomic E-state index is 12.2. The molecule has 0 radical (unpaired) electrons. The molecule has 1 heterocycles. The summed E-state index contributed by atoms with van der Waals surface area (Å²) in [6.07, 6.45) is 4.19. The molecule has 0 unspecified atom stereocenters. The van der Waals surface area contributed by atoms with Crippen molar-refractivity contribution < 1.29 is 9.90 Å². The van der Waals surface area contributed by atoms with E-state index in [1.165, 1.54) is 11.3 Å². The van der Waals surface area contributed by atoms with Crippen molar-refractivity contribution in [2.75, 3.05) is 18.9 Å². The third kappa shape index (κ3) is 4.51. The second kappa shape index (κ2) is 7.92. The SMILES string of the molecule is O=C(CSCc1cccs1)N(CCCO)C1CCC1. The minimum absolute atomic E-state index is 0.166. The third-order valence-electron chi connectivity index (χ3n) is 3.44. The second-order valence-corrected chi connectivity index (χ2v) is 6.84. The van der Waals surface area contributed by atoms with Crippen LogP contribution in [0.2, 0.25) is 0 Å². The summed E-state index contributed by atoms with van der Waals surface area (Å²) in [4.78, 5) is 15.5. The average Bonchev–Trinajstić information content (AvgIpc) is 2.84. The molecule has 1 aliphatic rings. The van der Waals surface area contributed by atoms with Gasteiger partial charge in [-0.05, 0) is 37.1 Å². The van der Waals surface area contributed by atoms with Crippen LogP contribution in [0.25, 0.3) is 0 Å². The molecule has 1 aromatic heterocycles. The van der Waals surface area contributed by atoms with E-state index in [9.17, 15) is 4.79 Å². The van der Waals surface area contributed by atoms with Crippen LogP contribution in [0, 0.1) is 0 Å². The Hall–Kier alpha value is -0.520. The molecule has 1 saturated carbocycles. The van der Waals surface area contributed by atoms with Crippen molar-refractivity contribution in [1.82, 2.24) is 4.90 Å². The zero-order valence-electron chi connectivity index (χ0n) is 11.1. The minimum atomic E-state index is 0.166. The Morgan fingerprint density at radius 1 is 1.53 bits per heavy atom. The second-order valence-electron chi connectivity index (χ2n) is 4.82. The molecule has 19 heavy (non-hydrogen) atoms. The highest BCUT2D eigenvalue weighted by Gasteiger charge is 2.27. The maximum Gasteiger partial charge on any atom is 0.232 e. The van der Waals surface area contributed by atoms with E-state index in [2.05, 4.69) is 11.4 Å². The predicted octanol–water partition coefficient (Wildman–Crippen LogP) is 2.74. The van der Waals surface area contributed by atoms with Gasteiger partial charge in [0.05, 0.1) is 5.75 Å². The van der Waals surface area contributed by atoms with E-state index in [-0.39, 0.29) is 12.5 Å². The molecule has 1 fully saturated rings. The van der Waals surface area contributed by atoms with Gasteiger partial charge in [-0.3, -0.25) is 4.79 Å². The van der Waals surface area contributed by atoms with Gasteiger partial charge in [0.25, 0.3) is 0 Å². The summed E-state index contributed by atoms with van der Waals surface area (Å²) in [5.74, 6) is 1.71. The quantitative estimate of drug-likeness (QED) is 0.802. The van der Waals surface area contributed by atoms with Crippen molar-refractivity contribution in [2.24, 2.45) is 0 Å². The van der Waals surface area contributed by atoms with Gasteiger partial charge >= 0.3 is 0 Å². The number of aliphatic hydroxyl groups excluding tert-OH is 1. The van der Waals surface area contributed by atoms with Crippen molar-refractivity contribution in [3.63, 3.8) is 0 Å². The lowest BCUT2D eigenvalue weighted by Gasteiger charge is -2.37. The number of carbonyl (C=O) groups excluding carboxylic acids is 1. The molecule has 106 valence electrons. The lowest BCUT2D eigenvalue weighted by molar-refractivity contribution is -0.132. The normalized spacial score (nSPS) is 15.2. The number of carbonyl (C=O) groups is 1. The predicted molar refractivity (Wildman–Crippen MR) is 81.5 cm³/mol. The fourth-order valence-corrected chi connectivity index (χ4v) is 3.92. The molecule has 1 aromatic rings. The molecule has 0 bridgehead atoms. The van der Waals surface area contributed by atoms with E-state index in [4.69, 9.17) is 5.11 Å². The molecule has 1 amide bonds. The van der Waals surface area contributed by atoms with Crippen molar-refractivity contribution in [1.29, 1.82) is 0 Å². The summed E-state index contributed by atoms with van der Waals surface area (Å²) >= 11 is 3.43. The van der Waals surface area contributed by atoms with E-state index in [1.54, 1.807) is 23.1 Å². The highest BCUT2D eigenvalue weighted by molar-refractivity contribution is 7.99. The Balaban J connectivity index is 1.74. The number of hydrogen-bond acceptors (Lipinski definition) is 4. The van der Waals surface area contributed by atoms with Gasteiger partial charge in [0.15, 0.2) is 0 Å². The van der Waals surface area contributed by atoms with Gasteiger partial charge in [0, 0.05) is 29.8 Å². The lowest BCUT2D eigenvalue weighted by atomic mass is 9.91. The zero-order valence-corrected chi connectivity index (χ0v) is 12.7. The topological polar surface area (TPSA) is 40.5 Å². The number of hydrogen-bond donors (Lipinski definition) is 1. The van der Waals surface area contributed by atoms with Gasteiger partial charge < -0.3 is 10.0 Å². The summed E-state index contributed by atoms with van der Waals surface area (Å²) in [5.41, 5.74) is 0. The fraction of sp³-hybridized carbons (Fsp3) is 0.643. The van der Waals surface area contributed by atoms with Gasteiger partial charge in [-0.1, -0.05) is 6.07 Å². The highest BCUT2D eigenvalue weighted by atomic mass is 32.2. The molecular formula is C14H21NO2S2. The molecule has 1 aliphatic carbocycles. The summed E-state index contributed by atoms with van der Waals surface area (Å²) in [7, 11) is 0. The van der Waals surface area contributed by atoms with E-state index in [1.807, 2.05) is 11.0 Å². The Kier molecular flexibility index (Phi) is 6.20. The average molecular weight is 299 g/mol. The number of amides is 1. The van der Waals surface area contributed by atoms with Crippen LogP contribution >= 0.6 is 23.1 Å². The molecular weight excluding hydrogens is 278 g/mol. The number of thiophene rings is 1. The monoisotopic (exact) mass is 299 g/mol. The minimum Gasteiger partial charge on any atom is -0.396 e. The summed E-state index contributed by atoms with van der Waals surface area (Å²) in [6, 6.07) is 4.59. The van der Waals surface area contributed by atoms with Gasteiger partial charge in [0.1, 0.15) is 0 Å².